The van der Waals surface area contributed by atoms with E-state index in [1.54, 1.807) is 12.1 Å². The summed E-state index contributed by atoms with van der Waals surface area (Å²) in [7, 11) is 0. The first-order valence-electron chi connectivity index (χ1n) is 9.12. The van der Waals surface area contributed by atoms with Crippen molar-refractivity contribution >= 4 is 0 Å². The molecule has 0 aromatic heterocycles. The minimum absolute atomic E-state index is 0.141. The average molecular weight is 344 g/mol. The average Bonchev–Trinajstić information content (AvgIpc) is 2.66. The van der Waals surface area contributed by atoms with Gasteiger partial charge in [-0.15, -0.1) is 0 Å². The lowest BCUT2D eigenvalue weighted by Gasteiger charge is -2.22. The number of nitrogens with one attached hydrogen (secondary N) is 2. The van der Waals surface area contributed by atoms with Gasteiger partial charge in [-0.05, 0) is 68.9 Å². The van der Waals surface area contributed by atoms with Crippen LogP contribution in [-0.4, -0.2) is 32.6 Å². The predicted molar refractivity (Wildman–Crippen MR) is 94.2 cm³/mol. The predicted octanol–water partition coefficient (Wildman–Crippen LogP) is 4.57. The van der Waals surface area contributed by atoms with Gasteiger partial charge in [-0.1, -0.05) is 26.0 Å². The number of piperidine rings is 2. The highest BCUT2D eigenvalue weighted by atomic mass is 19.3. The quantitative estimate of drug-likeness (QED) is 0.821. The Kier molecular flexibility index (Phi) is 10.8. The zero-order valence-electron chi connectivity index (χ0n) is 14.8. The first-order chi connectivity index (χ1) is 11.7. The summed E-state index contributed by atoms with van der Waals surface area (Å²) in [6.07, 6.45) is 1.80. The molecule has 24 heavy (non-hydrogen) atoms. The third kappa shape index (κ3) is 7.67. The number of hydrogen-bond acceptors (Lipinski definition) is 2. The Bertz CT molecular complexity index is 411. The number of benzene rings is 1. The molecule has 2 N–H and O–H groups in total. The van der Waals surface area contributed by atoms with Crippen molar-refractivity contribution < 1.29 is 13.2 Å². The smallest absolute Gasteiger partial charge is 0.242 e. The lowest BCUT2D eigenvalue weighted by atomic mass is 9.90. The topological polar surface area (TPSA) is 24.1 Å². The summed E-state index contributed by atoms with van der Waals surface area (Å²) in [4.78, 5) is 0. The molecule has 2 aliphatic heterocycles. The van der Waals surface area contributed by atoms with Crippen molar-refractivity contribution in [3.8, 4) is 0 Å². The summed E-state index contributed by atoms with van der Waals surface area (Å²) in [5.41, 5.74) is 1.28. The number of hydrogen-bond donors (Lipinski definition) is 2. The zero-order valence-corrected chi connectivity index (χ0v) is 14.8. The van der Waals surface area contributed by atoms with E-state index in [0.29, 0.717) is 18.9 Å². The van der Waals surface area contributed by atoms with Crippen LogP contribution in [0.2, 0.25) is 0 Å². The second-order valence-corrected chi connectivity index (χ2v) is 6.02. The van der Waals surface area contributed by atoms with E-state index in [0.717, 1.165) is 26.1 Å². The first kappa shape index (κ1) is 21.0. The molecule has 2 fully saturated rings. The number of rotatable bonds is 2. The van der Waals surface area contributed by atoms with E-state index in [-0.39, 0.29) is 5.82 Å². The van der Waals surface area contributed by atoms with Gasteiger partial charge in [-0.25, -0.2) is 13.2 Å². The summed E-state index contributed by atoms with van der Waals surface area (Å²) in [6.45, 7) is 7.57. The molecule has 1 unspecified atom stereocenters. The number of halogens is 3. The van der Waals surface area contributed by atoms with Crippen LogP contribution in [0.5, 0.6) is 0 Å². The van der Waals surface area contributed by atoms with Crippen LogP contribution in [-0.2, 0) is 0 Å². The summed E-state index contributed by atoms with van der Waals surface area (Å²) < 4.78 is 36.4. The van der Waals surface area contributed by atoms with Crippen LogP contribution in [0.1, 0.15) is 51.0 Å². The van der Waals surface area contributed by atoms with Gasteiger partial charge in [0.05, 0.1) is 0 Å². The Labute approximate surface area is 144 Å². The Morgan fingerprint density at radius 2 is 1.54 bits per heavy atom. The lowest BCUT2D eigenvalue weighted by Crippen LogP contribution is -2.33. The van der Waals surface area contributed by atoms with E-state index < -0.39 is 12.3 Å². The van der Waals surface area contributed by atoms with Crippen LogP contribution in [0, 0.1) is 11.7 Å². The van der Waals surface area contributed by atoms with Crippen molar-refractivity contribution in [2.75, 3.05) is 26.2 Å². The van der Waals surface area contributed by atoms with Crippen molar-refractivity contribution in [3.63, 3.8) is 0 Å². The van der Waals surface area contributed by atoms with Gasteiger partial charge in [0.25, 0.3) is 0 Å². The first-order valence-corrected chi connectivity index (χ1v) is 9.12. The van der Waals surface area contributed by atoms with E-state index in [1.807, 2.05) is 26.0 Å². The Morgan fingerprint density at radius 3 is 2.00 bits per heavy atom. The van der Waals surface area contributed by atoms with Gasteiger partial charge in [0.15, 0.2) is 0 Å². The fraction of sp³-hybridized carbons (Fsp3) is 0.684. The molecule has 138 valence electrons. The SMILES string of the molecule is CC.FC(F)C1CCCNC1.Fc1ccc(C2CCNCC2)cc1. The van der Waals surface area contributed by atoms with E-state index >= 15 is 0 Å². The van der Waals surface area contributed by atoms with Crippen molar-refractivity contribution in [2.24, 2.45) is 5.92 Å². The molecule has 0 aliphatic carbocycles. The zero-order chi connectivity index (χ0) is 17.8. The van der Waals surface area contributed by atoms with E-state index in [9.17, 15) is 13.2 Å². The second kappa shape index (κ2) is 12.3. The van der Waals surface area contributed by atoms with Gasteiger partial charge in [-0.3, -0.25) is 0 Å². The Balaban J connectivity index is 0.000000230. The minimum atomic E-state index is -2.13. The Hall–Kier alpha value is -1.07. The van der Waals surface area contributed by atoms with Crippen molar-refractivity contribution in [1.29, 1.82) is 0 Å². The van der Waals surface area contributed by atoms with Gasteiger partial charge in [0, 0.05) is 12.5 Å². The summed E-state index contributed by atoms with van der Waals surface area (Å²) in [5.74, 6) is 0.0956. The molecule has 2 saturated heterocycles. The maximum absolute atomic E-state index is 12.6. The van der Waals surface area contributed by atoms with Gasteiger partial charge in [0.1, 0.15) is 5.82 Å². The van der Waals surface area contributed by atoms with Crippen LogP contribution in [0.4, 0.5) is 13.2 Å². The molecular formula is C19H31F3N2. The minimum Gasteiger partial charge on any atom is -0.317 e. The molecule has 1 aromatic rings. The fourth-order valence-electron chi connectivity index (χ4n) is 2.98. The van der Waals surface area contributed by atoms with Crippen LogP contribution in [0.25, 0.3) is 0 Å². The molecule has 3 rings (SSSR count). The standard InChI is InChI=1S/C11H14FN.C6H11F2N.C2H6/c12-11-3-1-9(2-4-11)10-5-7-13-8-6-10;7-6(8)5-2-1-3-9-4-5;1-2/h1-4,10,13H,5-8H2;5-6,9H,1-4H2;1-2H3. The van der Waals surface area contributed by atoms with Crippen LogP contribution < -0.4 is 10.6 Å². The summed E-state index contributed by atoms with van der Waals surface area (Å²) in [6, 6.07) is 6.92. The molecule has 2 aliphatic rings. The molecule has 1 aromatic carbocycles. The molecule has 0 radical (unpaired) electrons. The normalized spacial score (nSPS) is 21.3. The van der Waals surface area contributed by atoms with Crippen LogP contribution in [0.3, 0.4) is 0 Å². The van der Waals surface area contributed by atoms with E-state index in [1.165, 1.54) is 18.4 Å². The third-order valence-electron chi connectivity index (χ3n) is 4.37. The monoisotopic (exact) mass is 344 g/mol. The highest BCUT2D eigenvalue weighted by Crippen LogP contribution is 2.24. The molecule has 0 bridgehead atoms. The number of alkyl halides is 2. The van der Waals surface area contributed by atoms with Gasteiger partial charge < -0.3 is 10.6 Å². The highest BCUT2D eigenvalue weighted by molar-refractivity contribution is 5.20. The molecule has 2 heterocycles. The van der Waals surface area contributed by atoms with Crippen molar-refractivity contribution in [1.82, 2.24) is 10.6 Å². The highest BCUT2D eigenvalue weighted by Gasteiger charge is 2.21. The third-order valence-corrected chi connectivity index (χ3v) is 4.37. The van der Waals surface area contributed by atoms with E-state index in [4.69, 9.17) is 0 Å². The molecule has 5 heteroatoms. The lowest BCUT2D eigenvalue weighted by molar-refractivity contribution is 0.0633. The van der Waals surface area contributed by atoms with Crippen molar-refractivity contribution in [2.45, 2.75) is 51.9 Å². The summed E-state index contributed by atoms with van der Waals surface area (Å²) >= 11 is 0. The summed E-state index contributed by atoms with van der Waals surface area (Å²) in [5, 5.41) is 6.26. The van der Waals surface area contributed by atoms with Gasteiger partial charge >= 0.3 is 0 Å². The molecule has 0 spiro atoms. The molecule has 0 saturated carbocycles. The Morgan fingerprint density at radius 1 is 0.917 bits per heavy atom. The van der Waals surface area contributed by atoms with Crippen molar-refractivity contribution in [3.05, 3.63) is 35.6 Å². The second-order valence-electron chi connectivity index (χ2n) is 6.02. The maximum Gasteiger partial charge on any atom is 0.242 e. The molecule has 0 amide bonds. The van der Waals surface area contributed by atoms with Crippen LogP contribution in [0.15, 0.2) is 24.3 Å². The fourth-order valence-corrected chi connectivity index (χ4v) is 2.98. The molecule has 1 atom stereocenters. The van der Waals surface area contributed by atoms with Gasteiger partial charge in [0.2, 0.25) is 6.43 Å². The van der Waals surface area contributed by atoms with Crippen LogP contribution >= 0.6 is 0 Å². The largest absolute Gasteiger partial charge is 0.317 e. The molecule has 2 nitrogen and oxygen atoms in total. The van der Waals surface area contributed by atoms with Gasteiger partial charge in [-0.2, -0.15) is 0 Å². The molecular weight excluding hydrogens is 313 g/mol. The van der Waals surface area contributed by atoms with E-state index in [2.05, 4.69) is 10.6 Å². The maximum atomic E-state index is 12.6.